The van der Waals surface area contributed by atoms with Crippen LogP contribution in [-0.4, -0.2) is 30.3 Å². The van der Waals surface area contributed by atoms with Gasteiger partial charge in [0.25, 0.3) is 0 Å². The van der Waals surface area contributed by atoms with Crippen molar-refractivity contribution in [1.82, 2.24) is 0 Å². The zero-order valence-corrected chi connectivity index (χ0v) is 6.59. The van der Waals surface area contributed by atoms with Crippen molar-refractivity contribution in [3.05, 3.63) is 12.7 Å². The van der Waals surface area contributed by atoms with Crippen molar-refractivity contribution in [2.45, 2.75) is 6.18 Å². The highest BCUT2D eigenvalue weighted by Crippen LogP contribution is 2.13. The fourth-order valence-electron chi connectivity index (χ4n) is 0.0833. The molecule has 0 radical (unpaired) electrons. The Morgan fingerprint density at radius 2 is 1.77 bits per heavy atom. The minimum Gasteiger partial charge on any atom is -0.475 e. The van der Waals surface area contributed by atoms with Gasteiger partial charge in [-0.3, -0.25) is 0 Å². The molecule has 0 aromatic heterocycles. The third-order valence-electron chi connectivity index (χ3n) is 0.610. The number of alkyl halides is 3. The van der Waals surface area contributed by atoms with Crippen LogP contribution in [0.25, 0.3) is 0 Å². The molecule has 0 unspecified atom stereocenters. The molecule has 0 aromatic carbocycles. The normalized spacial score (nSPS) is 9.23. The Hall–Kier alpha value is -1.53. The first-order valence-corrected chi connectivity index (χ1v) is 2.76. The zero-order chi connectivity index (χ0) is 11.1. The smallest absolute Gasteiger partial charge is 0.475 e. The van der Waals surface area contributed by atoms with E-state index in [0.717, 1.165) is 6.08 Å². The lowest BCUT2D eigenvalue weighted by Gasteiger charge is -1.93. The molecule has 0 fully saturated rings. The summed E-state index contributed by atoms with van der Waals surface area (Å²) in [5.41, 5.74) is 0. The number of aliphatic carboxylic acids is 1. The summed E-state index contributed by atoms with van der Waals surface area (Å²) in [4.78, 5) is 18.7. The number of carbonyl (C=O) groups excluding carboxylic acids is 1. The fraction of sp³-hybridized carbons (Fsp3) is 0.333. The van der Waals surface area contributed by atoms with Gasteiger partial charge in [0.15, 0.2) is 0 Å². The van der Waals surface area contributed by atoms with Gasteiger partial charge in [-0.15, -0.1) is 0 Å². The van der Waals surface area contributed by atoms with Crippen molar-refractivity contribution >= 4 is 11.9 Å². The highest BCUT2D eigenvalue weighted by molar-refractivity contribution is 5.80. The molecular formula is C6H7F3O4. The van der Waals surface area contributed by atoms with E-state index in [1.54, 1.807) is 0 Å². The van der Waals surface area contributed by atoms with Gasteiger partial charge in [0.2, 0.25) is 0 Å². The van der Waals surface area contributed by atoms with Gasteiger partial charge < -0.3 is 9.84 Å². The van der Waals surface area contributed by atoms with Gasteiger partial charge in [-0.1, -0.05) is 6.58 Å². The average molecular weight is 200 g/mol. The number of esters is 1. The van der Waals surface area contributed by atoms with Crippen LogP contribution < -0.4 is 0 Å². The van der Waals surface area contributed by atoms with Crippen molar-refractivity contribution in [3.8, 4) is 0 Å². The Bertz CT molecular complexity index is 197. The molecule has 0 aromatic rings. The second kappa shape index (κ2) is 6.04. The molecule has 0 aliphatic carbocycles. The SMILES string of the molecule is C=CC(=O)OC.O=C(O)C(F)(F)F. The number of ether oxygens (including phenoxy) is 1. The maximum atomic E-state index is 10.6. The van der Waals surface area contributed by atoms with Gasteiger partial charge in [-0.2, -0.15) is 13.2 Å². The molecule has 0 saturated heterocycles. The van der Waals surface area contributed by atoms with Gasteiger partial charge in [-0.05, 0) is 0 Å². The summed E-state index contributed by atoms with van der Waals surface area (Å²) in [6.07, 6.45) is -3.97. The molecule has 0 spiro atoms. The Balaban J connectivity index is 0. The maximum Gasteiger partial charge on any atom is 0.490 e. The summed E-state index contributed by atoms with van der Waals surface area (Å²) >= 11 is 0. The first kappa shape index (κ1) is 14.0. The summed E-state index contributed by atoms with van der Waals surface area (Å²) in [6, 6.07) is 0. The van der Waals surface area contributed by atoms with Crippen molar-refractivity contribution in [3.63, 3.8) is 0 Å². The van der Waals surface area contributed by atoms with Crippen LogP contribution >= 0.6 is 0 Å². The standard InChI is InChI=1S/C4H6O2.C2HF3O2/c1-3-4(5)6-2;3-2(4,5)1(6)7/h3H,1H2,2H3;(H,6,7). The van der Waals surface area contributed by atoms with E-state index in [1.807, 2.05) is 0 Å². The van der Waals surface area contributed by atoms with Gasteiger partial charge in [0.05, 0.1) is 7.11 Å². The molecule has 7 heteroatoms. The quantitative estimate of drug-likeness (QED) is 0.506. The summed E-state index contributed by atoms with van der Waals surface area (Å²) < 4.78 is 35.9. The minimum absolute atomic E-state index is 0.394. The predicted molar refractivity (Wildman–Crippen MR) is 35.9 cm³/mol. The van der Waals surface area contributed by atoms with E-state index in [2.05, 4.69) is 11.3 Å². The number of carboxylic acid groups (broad SMARTS) is 1. The largest absolute Gasteiger partial charge is 0.490 e. The van der Waals surface area contributed by atoms with Gasteiger partial charge >= 0.3 is 18.1 Å². The van der Waals surface area contributed by atoms with E-state index in [1.165, 1.54) is 7.11 Å². The number of methoxy groups -OCH3 is 1. The fourth-order valence-corrected chi connectivity index (χ4v) is 0.0833. The van der Waals surface area contributed by atoms with E-state index in [0.29, 0.717) is 0 Å². The molecule has 0 aliphatic rings. The monoisotopic (exact) mass is 200 g/mol. The summed E-state index contributed by atoms with van der Waals surface area (Å²) in [5.74, 6) is -3.15. The molecule has 0 rings (SSSR count). The summed E-state index contributed by atoms with van der Waals surface area (Å²) in [6.45, 7) is 3.16. The van der Waals surface area contributed by atoms with Crippen LogP contribution in [0.1, 0.15) is 0 Å². The van der Waals surface area contributed by atoms with E-state index >= 15 is 0 Å². The van der Waals surface area contributed by atoms with Crippen LogP contribution in [0.4, 0.5) is 13.2 Å². The van der Waals surface area contributed by atoms with E-state index in [9.17, 15) is 18.0 Å². The molecule has 0 bridgehead atoms. The summed E-state index contributed by atoms with van der Waals surface area (Å²) in [5, 5.41) is 7.12. The van der Waals surface area contributed by atoms with Crippen LogP contribution in [0, 0.1) is 0 Å². The first-order valence-electron chi connectivity index (χ1n) is 2.76. The van der Waals surface area contributed by atoms with E-state index < -0.39 is 18.1 Å². The highest BCUT2D eigenvalue weighted by atomic mass is 19.4. The molecular weight excluding hydrogens is 193 g/mol. The third-order valence-corrected chi connectivity index (χ3v) is 0.610. The Morgan fingerprint density at radius 3 is 1.77 bits per heavy atom. The van der Waals surface area contributed by atoms with Crippen LogP contribution in [0.3, 0.4) is 0 Å². The number of hydrogen-bond acceptors (Lipinski definition) is 3. The van der Waals surface area contributed by atoms with Crippen molar-refractivity contribution < 1.29 is 32.6 Å². The number of rotatable bonds is 1. The zero-order valence-electron chi connectivity index (χ0n) is 6.59. The van der Waals surface area contributed by atoms with Crippen LogP contribution in [0.15, 0.2) is 12.7 Å². The maximum absolute atomic E-state index is 10.6. The van der Waals surface area contributed by atoms with Gasteiger partial charge in [0.1, 0.15) is 0 Å². The van der Waals surface area contributed by atoms with Crippen LogP contribution in [0.2, 0.25) is 0 Å². The van der Waals surface area contributed by atoms with Gasteiger partial charge in [-0.25, -0.2) is 9.59 Å². The highest BCUT2D eigenvalue weighted by Gasteiger charge is 2.38. The van der Waals surface area contributed by atoms with Crippen molar-refractivity contribution in [1.29, 1.82) is 0 Å². The second-order valence-corrected chi connectivity index (χ2v) is 1.53. The number of carbonyl (C=O) groups is 2. The first-order chi connectivity index (χ1) is 5.75. The predicted octanol–water partition coefficient (Wildman–Crippen LogP) is 0.979. The van der Waals surface area contributed by atoms with E-state index in [-0.39, 0.29) is 0 Å². The molecule has 76 valence electrons. The lowest BCUT2D eigenvalue weighted by molar-refractivity contribution is -0.192. The van der Waals surface area contributed by atoms with E-state index in [4.69, 9.17) is 9.90 Å². The van der Waals surface area contributed by atoms with Crippen molar-refractivity contribution in [2.24, 2.45) is 0 Å². The molecule has 1 N–H and O–H groups in total. The minimum atomic E-state index is -5.08. The molecule has 0 saturated carbocycles. The lowest BCUT2D eigenvalue weighted by Crippen LogP contribution is -2.21. The molecule has 13 heavy (non-hydrogen) atoms. The number of carboxylic acids is 1. The van der Waals surface area contributed by atoms with Crippen LogP contribution in [-0.2, 0) is 14.3 Å². The molecule has 0 atom stereocenters. The molecule has 0 amide bonds. The number of halogens is 3. The average Bonchev–Trinajstić information content (AvgIpc) is 2.02. The van der Waals surface area contributed by atoms with Crippen LogP contribution in [0.5, 0.6) is 0 Å². The Kier molecular flexibility index (Phi) is 6.51. The van der Waals surface area contributed by atoms with Gasteiger partial charge in [0, 0.05) is 6.08 Å². The van der Waals surface area contributed by atoms with Crippen molar-refractivity contribution in [2.75, 3.05) is 7.11 Å². The molecule has 0 heterocycles. The Morgan fingerprint density at radius 1 is 1.46 bits per heavy atom. The molecule has 0 aliphatic heterocycles. The second-order valence-electron chi connectivity index (χ2n) is 1.53. The number of hydrogen-bond donors (Lipinski definition) is 1. The molecule has 4 nitrogen and oxygen atoms in total. The Labute approximate surface area is 71.6 Å². The topological polar surface area (TPSA) is 63.6 Å². The third kappa shape index (κ3) is 10.5. The lowest BCUT2D eigenvalue weighted by atomic mass is 10.7. The summed E-state index contributed by atoms with van der Waals surface area (Å²) in [7, 11) is 1.31.